The van der Waals surface area contributed by atoms with E-state index in [-0.39, 0.29) is 10.8 Å². The van der Waals surface area contributed by atoms with Gasteiger partial charge < -0.3 is 11.5 Å². The van der Waals surface area contributed by atoms with Gasteiger partial charge in [-0.2, -0.15) is 0 Å². The van der Waals surface area contributed by atoms with Gasteiger partial charge in [-0.15, -0.1) is 0 Å². The quantitative estimate of drug-likeness (QED) is 0.295. The van der Waals surface area contributed by atoms with Crippen molar-refractivity contribution >= 4 is 45.0 Å². The van der Waals surface area contributed by atoms with Gasteiger partial charge in [0, 0.05) is 10.8 Å². The number of benzene rings is 2. The van der Waals surface area contributed by atoms with Gasteiger partial charge in [0.2, 0.25) is 0 Å². The summed E-state index contributed by atoms with van der Waals surface area (Å²) in [7, 11) is 0. The molecule has 2 aromatic heterocycles. The van der Waals surface area contributed by atoms with Gasteiger partial charge in [-0.05, 0) is 73.4 Å². The third kappa shape index (κ3) is 6.51. The first-order valence-corrected chi connectivity index (χ1v) is 11.5. The number of aryl methyl sites for hydroxylation is 3. The van der Waals surface area contributed by atoms with Gasteiger partial charge in [0.25, 0.3) is 0 Å². The van der Waals surface area contributed by atoms with Gasteiger partial charge in [-0.25, -0.2) is 18.7 Å². The molecule has 0 fully saturated rings. The first-order valence-electron chi connectivity index (χ1n) is 11.1. The molecule has 7 heteroatoms. The molecule has 4 aromatic rings. The van der Waals surface area contributed by atoms with E-state index in [4.69, 9.17) is 23.1 Å². The van der Waals surface area contributed by atoms with Crippen LogP contribution in [0, 0.1) is 25.5 Å². The van der Waals surface area contributed by atoms with E-state index in [1.165, 1.54) is 12.1 Å². The molecule has 178 valence electrons. The summed E-state index contributed by atoms with van der Waals surface area (Å²) in [5, 5.41) is 1.63. The van der Waals surface area contributed by atoms with Crippen LogP contribution < -0.4 is 11.5 Å². The van der Waals surface area contributed by atoms with Crippen LogP contribution in [-0.4, -0.2) is 9.97 Å². The van der Waals surface area contributed by atoms with Crippen LogP contribution >= 0.6 is 11.6 Å². The Balaban J connectivity index is 0.000000288. The van der Waals surface area contributed by atoms with E-state index in [1.54, 1.807) is 24.3 Å². The largest absolute Gasteiger partial charge is 0.384 e. The van der Waals surface area contributed by atoms with Gasteiger partial charge in [0.1, 0.15) is 23.3 Å². The number of aromatic nitrogens is 2. The number of halogens is 3. The predicted octanol–water partition coefficient (Wildman–Crippen LogP) is 7.80. The molecule has 0 atom stereocenters. The van der Waals surface area contributed by atoms with Crippen LogP contribution in [0.5, 0.6) is 0 Å². The topological polar surface area (TPSA) is 77.8 Å². The highest BCUT2D eigenvalue weighted by Gasteiger charge is 2.10. The van der Waals surface area contributed by atoms with Crippen molar-refractivity contribution in [3.63, 3.8) is 0 Å². The van der Waals surface area contributed by atoms with Crippen LogP contribution in [0.4, 0.5) is 20.4 Å². The zero-order chi connectivity index (χ0) is 25.3. The van der Waals surface area contributed by atoms with E-state index in [1.807, 2.05) is 48.5 Å². The van der Waals surface area contributed by atoms with Crippen molar-refractivity contribution < 1.29 is 8.78 Å². The zero-order valence-electron chi connectivity index (χ0n) is 20.4. The molecule has 33 heavy (non-hydrogen) atoms. The van der Waals surface area contributed by atoms with Crippen molar-refractivity contribution in [2.24, 2.45) is 0 Å². The van der Waals surface area contributed by atoms with Crippen molar-refractivity contribution in [2.45, 2.75) is 54.9 Å². The van der Waals surface area contributed by atoms with E-state index in [2.05, 4.69) is 9.97 Å². The van der Waals surface area contributed by atoms with Crippen LogP contribution in [0.3, 0.4) is 0 Å². The molecule has 0 saturated carbocycles. The van der Waals surface area contributed by atoms with Crippen LogP contribution in [0.25, 0.3) is 21.8 Å². The first kappa shape index (κ1) is 28.0. The number of nitrogen functional groups attached to an aromatic ring is 2. The molecule has 4 rings (SSSR count). The monoisotopic (exact) mass is 474 g/mol. The zero-order valence-corrected chi connectivity index (χ0v) is 21.1. The summed E-state index contributed by atoms with van der Waals surface area (Å²) in [5.41, 5.74) is 15.1. The summed E-state index contributed by atoms with van der Waals surface area (Å²) < 4.78 is 26.7. The number of nitrogens with zero attached hydrogens (tertiary/aromatic N) is 2. The fraction of sp³-hybridized carbons (Fsp3) is 0.308. The van der Waals surface area contributed by atoms with Gasteiger partial charge in [0.05, 0.1) is 16.1 Å². The van der Waals surface area contributed by atoms with Crippen LogP contribution in [0.1, 0.15) is 51.3 Å². The summed E-state index contributed by atoms with van der Waals surface area (Å²) >= 11 is 5.83. The number of pyridine rings is 2. The van der Waals surface area contributed by atoms with Crippen molar-refractivity contribution in [2.75, 3.05) is 11.5 Å². The van der Waals surface area contributed by atoms with E-state index < -0.39 is 5.82 Å². The summed E-state index contributed by atoms with van der Waals surface area (Å²) in [6.07, 6.45) is 0.662. The number of hydrogen-bond acceptors (Lipinski definition) is 4. The third-order valence-corrected chi connectivity index (χ3v) is 5.05. The SMILES string of the molecule is CC.CC.CCc1c(F)ccc2nc(N)cc(C)c12.Cc1cc(N)nc2ccc(F)c(Cl)c12. The molecular formula is C26H33ClF2N4. The average Bonchev–Trinajstić information content (AvgIpc) is 2.79. The molecule has 0 unspecified atom stereocenters. The Kier molecular flexibility index (Phi) is 11.0. The normalized spacial score (nSPS) is 9.88. The van der Waals surface area contributed by atoms with Crippen molar-refractivity contribution in [3.8, 4) is 0 Å². The Hall–Kier alpha value is -2.99. The summed E-state index contributed by atoms with van der Waals surface area (Å²) in [6, 6.07) is 9.44. The van der Waals surface area contributed by atoms with Crippen LogP contribution in [0.2, 0.25) is 5.02 Å². The van der Waals surface area contributed by atoms with E-state index >= 15 is 0 Å². The maximum absolute atomic E-state index is 13.5. The second-order valence-electron chi connectivity index (χ2n) is 6.76. The lowest BCUT2D eigenvalue weighted by Gasteiger charge is -2.09. The smallest absolute Gasteiger partial charge is 0.142 e. The lowest BCUT2D eigenvalue weighted by atomic mass is 10.0. The minimum atomic E-state index is -0.436. The summed E-state index contributed by atoms with van der Waals surface area (Å²) in [5.74, 6) is 0.292. The molecule has 4 nitrogen and oxygen atoms in total. The van der Waals surface area contributed by atoms with E-state index in [0.717, 1.165) is 27.6 Å². The predicted molar refractivity (Wildman–Crippen MR) is 139 cm³/mol. The molecule has 0 radical (unpaired) electrons. The molecule has 0 bridgehead atoms. The number of hydrogen-bond donors (Lipinski definition) is 2. The maximum atomic E-state index is 13.5. The Morgan fingerprint density at radius 3 is 1.67 bits per heavy atom. The second-order valence-corrected chi connectivity index (χ2v) is 7.14. The fourth-order valence-electron chi connectivity index (χ4n) is 3.43. The molecule has 0 amide bonds. The van der Waals surface area contributed by atoms with E-state index in [0.29, 0.717) is 29.0 Å². The Morgan fingerprint density at radius 1 is 0.758 bits per heavy atom. The lowest BCUT2D eigenvalue weighted by Crippen LogP contribution is -1.97. The molecule has 4 N–H and O–H groups in total. The van der Waals surface area contributed by atoms with Crippen molar-refractivity contribution in [1.82, 2.24) is 9.97 Å². The van der Waals surface area contributed by atoms with Crippen molar-refractivity contribution in [1.29, 1.82) is 0 Å². The van der Waals surface area contributed by atoms with Gasteiger partial charge >= 0.3 is 0 Å². The van der Waals surface area contributed by atoms with Gasteiger partial charge in [-0.3, -0.25) is 0 Å². The molecular weight excluding hydrogens is 442 g/mol. The Bertz CT molecular complexity index is 1230. The van der Waals surface area contributed by atoms with E-state index in [9.17, 15) is 8.78 Å². The van der Waals surface area contributed by atoms with Crippen LogP contribution in [0.15, 0.2) is 36.4 Å². The van der Waals surface area contributed by atoms with Crippen molar-refractivity contribution in [3.05, 3.63) is 69.7 Å². The highest BCUT2D eigenvalue weighted by atomic mass is 35.5. The first-order chi connectivity index (χ1) is 15.7. The maximum Gasteiger partial charge on any atom is 0.142 e. The number of fused-ring (bicyclic) bond motifs is 2. The van der Waals surface area contributed by atoms with Crippen LogP contribution in [-0.2, 0) is 6.42 Å². The minimum absolute atomic E-state index is 0.104. The summed E-state index contributed by atoms with van der Waals surface area (Å²) in [6.45, 7) is 13.7. The Morgan fingerprint density at radius 2 is 1.18 bits per heavy atom. The van der Waals surface area contributed by atoms with Gasteiger partial charge in [-0.1, -0.05) is 46.2 Å². The molecule has 0 aliphatic heterocycles. The highest BCUT2D eigenvalue weighted by Crippen LogP contribution is 2.29. The molecule has 2 aromatic carbocycles. The third-order valence-electron chi connectivity index (χ3n) is 4.68. The lowest BCUT2D eigenvalue weighted by molar-refractivity contribution is 0.615. The molecule has 0 aliphatic rings. The number of nitrogens with two attached hydrogens (primary N) is 2. The second kappa shape index (κ2) is 12.9. The molecule has 0 aliphatic carbocycles. The standard InChI is InChI=1S/C12H13FN2.C10H8ClFN2.2C2H6/c1-3-8-9(13)4-5-10-12(8)7(2)6-11(14)15-10;1-5-4-8(13)14-7-3-2-6(12)10(11)9(5)7;2*1-2/h4-6H,3H2,1-2H3,(H2,14,15);2-4H,1H3,(H2,13,14);2*1-2H3. The van der Waals surface area contributed by atoms with Gasteiger partial charge in [0.15, 0.2) is 0 Å². The fourth-order valence-corrected chi connectivity index (χ4v) is 3.74. The number of rotatable bonds is 1. The Labute approximate surface area is 200 Å². The molecule has 0 saturated heterocycles. The molecule has 2 heterocycles. The highest BCUT2D eigenvalue weighted by molar-refractivity contribution is 6.35. The minimum Gasteiger partial charge on any atom is -0.384 e. The summed E-state index contributed by atoms with van der Waals surface area (Å²) in [4.78, 5) is 8.26. The average molecular weight is 475 g/mol. The number of anilines is 2. The molecule has 0 spiro atoms.